The van der Waals surface area contributed by atoms with Crippen LogP contribution in [0.3, 0.4) is 0 Å². The summed E-state index contributed by atoms with van der Waals surface area (Å²) in [4.78, 5) is 26.2. The molecule has 0 bridgehead atoms. The highest BCUT2D eigenvalue weighted by atomic mass is 79.9. The van der Waals surface area contributed by atoms with Gasteiger partial charge in [0.2, 0.25) is 5.91 Å². The van der Waals surface area contributed by atoms with Crippen molar-refractivity contribution in [1.29, 1.82) is 0 Å². The number of amides is 2. The molecule has 0 aromatic heterocycles. The lowest BCUT2D eigenvalue weighted by Crippen LogP contribution is -2.32. The van der Waals surface area contributed by atoms with Gasteiger partial charge in [-0.2, -0.15) is 0 Å². The number of nitrogens with zero attached hydrogens (tertiary/aromatic N) is 1. The van der Waals surface area contributed by atoms with Gasteiger partial charge in [-0.3, -0.25) is 9.59 Å². The lowest BCUT2D eigenvalue weighted by atomic mass is 10.1. The molecule has 1 saturated heterocycles. The van der Waals surface area contributed by atoms with E-state index in [0.717, 1.165) is 21.8 Å². The number of imide groups is 1. The summed E-state index contributed by atoms with van der Waals surface area (Å²) >= 11 is 10.3. The number of thioether (sulfide) groups is 1. The van der Waals surface area contributed by atoms with E-state index in [-0.39, 0.29) is 11.1 Å². The van der Waals surface area contributed by atoms with Gasteiger partial charge in [0.1, 0.15) is 5.75 Å². The number of halogens is 2. The van der Waals surface area contributed by atoms with Crippen LogP contribution in [0.15, 0.2) is 46.9 Å². The molecule has 1 aliphatic rings. The summed E-state index contributed by atoms with van der Waals surface area (Å²) in [7, 11) is 1.58. The van der Waals surface area contributed by atoms with Crippen molar-refractivity contribution in [2.24, 2.45) is 0 Å². The average molecular weight is 427 g/mol. The zero-order chi connectivity index (χ0) is 17.3. The van der Waals surface area contributed by atoms with E-state index < -0.39 is 5.25 Å². The van der Waals surface area contributed by atoms with Gasteiger partial charge in [0, 0.05) is 9.50 Å². The smallest absolute Gasteiger partial charge is 0.293 e. The van der Waals surface area contributed by atoms with Crippen LogP contribution in [0.5, 0.6) is 5.75 Å². The van der Waals surface area contributed by atoms with Gasteiger partial charge in [0.25, 0.3) is 5.24 Å². The highest BCUT2D eigenvalue weighted by Gasteiger charge is 2.40. The van der Waals surface area contributed by atoms with Crippen molar-refractivity contribution in [3.8, 4) is 5.75 Å². The first kappa shape index (κ1) is 17.3. The van der Waals surface area contributed by atoms with Crippen LogP contribution in [-0.4, -0.2) is 23.5 Å². The Morgan fingerprint density at radius 1 is 1.21 bits per heavy atom. The molecule has 4 nitrogen and oxygen atoms in total. The fraction of sp³-hybridized carbons (Fsp3) is 0.176. The molecular weight excluding hydrogens is 414 g/mol. The van der Waals surface area contributed by atoms with E-state index >= 15 is 0 Å². The van der Waals surface area contributed by atoms with Crippen molar-refractivity contribution >= 4 is 56.1 Å². The van der Waals surface area contributed by atoms with Crippen molar-refractivity contribution in [2.75, 3.05) is 12.0 Å². The highest BCUT2D eigenvalue weighted by Crippen LogP contribution is 2.36. The number of carbonyl (C=O) groups is 2. The van der Waals surface area contributed by atoms with Crippen LogP contribution in [0.25, 0.3) is 0 Å². The molecule has 1 atom stereocenters. The zero-order valence-electron chi connectivity index (χ0n) is 12.7. The molecule has 1 heterocycles. The van der Waals surface area contributed by atoms with E-state index in [0.29, 0.717) is 22.9 Å². The Kier molecular flexibility index (Phi) is 5.18. The van der Waals surface area contributed by atoms with E-state index in [1.165, 1.54) is 4.90 Å². The standard InChI is InChI=1S/C17H13BrClNO3S/c1-23-14-7-2-11(18)8-10(14)9-15-16(21)20(17(22)24-15)13-5-3-12(19)4-6-13/h2-8,15H,9H2,1H3/t15-/m0/s1. The molecule has 2 amide bonds. The van der Waals surface area contributed by atoms with Gasteiger partial charge < -0.3 is 4.74 Å². The van der Waals surface area contributed by atoms with Gasteiger partial charge in [0.15, 0.2) is 0 Å². The van der Waals surface area contributed by atoms with Crippen molar-refractivity contribution in [1.82, 2.24) is 0 Å². The summed E-state index contributed by atoms with van der Waals surface area (Å²) in [5.74, 6) is 0.471. The molecule has 7 heteroatoms. The van der Waals surface area contributed by atoms with E-state index in [1.54, 1.807) is 31.4 Å². The minimum Gasteiger partial charge on any atom is -0.496 e. The predicted octanol–water partition coefficient (Wildman–Crippen LogP) is 4.92. The van der Waals surface area contributed by atoms with Crippen molar-refractivity contribution in [3.05, 3.63) is 57.5 Å². The first-order valence-electron chi connectivity index (χ1n) is 7.12. The molecule has 0 N–H and O–H groups in total. The van der Waals surface area contributed by atoms with E-state index in [2.05, 4.69) is 15.9 Å². The monoisotopic (exact) mass is 425 g/mol. The summed E-state index contributed by atoms with van der Waals surface area (Å²) in [6, 6.07) is 12.3. The number of benzene rings is 2. The van der Waals surface area contributed by atoms with Crippen molar-refractivity contribution in [2.45, 2.75) is 11.7 Å². The number of hydrogen-bond acceptors (Lipinski definition) is 4. The quantitative estimate of drug-likeness (QED) is 0.696. The third kappa shape index (κ3) is 3.45. The first-order valence-corrected chi connectivity index (χ1v) is 9.17. The predicted molar refractivity (Wildman–Crippen MR) is 100 cm³/mol. The Morgan fingerprint density at radius 2 is 1.92 bits per heavy atom. The van der Waals surface area contributed by atoms with Crippen LogP contribution in [-0.2, 0) is 11.2 Å². The van der Waals surface area contributed by atoms with Crippen molar-refractivity contribution in [3.63, 3.8) is 0 Å². The second-order valence-electron chi connectivity index (χ2n) is 5.18. The van der Waals surface area contributed by atoms with Crippen LogP contribution >= 0.6 is 39.3 Å². The summed E-state index contributed by atoms with van der Waals surface area (Å²) < 4.78 is 6.24. The molecule has 0 aliphatic carbocycles. The van der Waals surface area contributed by atoms with Gasteiger partial charge in [-0.05, 0) is 54.4 Å². The maximum absolute atomic E-state index is 12.7. The normalized spacial score (nSPS) is 17.5. The number of rotatable bonds is 4. The first-order chi connectivity index (χ1) is 11.5. The Labute approximate surface area is 157 Å². The summed E-state index contributed by atoms with van der Waals surface area (Å²) in [6.07, 6.45) is 0.419. The van der Waals surface area contributed by atoms with Gasteiger partial charge in [-0.1, -0.05) is 39.3 Å². The van der Waals surface area contributed by atoms with Gasteiger partial charge >= 0.3 is 0 Å². The summed E-state index contributed by atoms with van der Waals surface area (Å²) in [6.45, 7) is 0. The van der Waals surface area contributed by atoms with Crippen molar-refractivity contribution < 1.29 is 14.3 Å². The fourth-order valence-corrected chi connectivity index (χ4v) is 4.06. The molecule has 24 heavy (non-hydrogen) atoms. The van der Waals surface area contributed by atoms with E-state index in [4.69, 9.17) is 16.3 Å². The molecule has 0 unspecified atom stereocenters. The second kappa shape index (κ2) is 7.17. The maximum atomic E-state index is 12.7. The van der Waals surface area contributed by atoms with Crippen LogP contribution in [0.4, 0.5) is 10.5 Å². The van der Waals surface area contributed by atoms with E-state index in [1.807, 2.05) is 18.2 Å². The summed E-state index contributed by atoms with van der Waals surface area (Å²) in [5.41, 5.74) is 1.41. The maximum Gasteiger partial charge on any atom is 0.293 e. The molecule has 124 valence electrons. The largest absolute Gasteiger partial charge is 0.496 e. The number of ether oxygens (including phenoxy) is 1. The van der Waals surface area contributed by atoms with E-state index in [9.17, 15) is 9.59 Å². The lowest BCUT2D eigenvalue weighted by molar-refractivity contribution is -0.117. The summed E-state index contributed by atoms with van der Waals surface area (Å²) in [5, 5.41) is -0.196. The average Bonchev–Trinajstić information content (AvgIpc) is 2.83. The number of hydrogen-bond donors (Lipinski definition) is 0. The fourth-order valence-electron chi connectivity index (χ4n) is 2.52. The topological polar surface area (TPSA) is 46.6 Å². The zero-order valence-corrected chi connectivity index (χ0v) is 15.8. The number of methoxy groups -OCH3 is 1. The lowest BCUT2D eigenvalue weighted by Gasteiger charge is -2.15. The van der Waals surface area contributed by atoms with Crippen LogP contribution in [0.2, 0.25) is 5.02 Å². The Bertz CT molecular complexity index is 797. The SMILES string of the molecule is COc1ccc(Br)cc1C[C@@H]1SC(=O)N(c2ccc(Cl)cc2)C1=O. The molecule has 0 radical (unpaired) electrons. The molecule has 2 aromatic carbocycles. The van der Waals surface area contributed by atoms with Crippen LogP contribution in [0, 0.1) is 0 Å². The van der Waals surface area contributed by atoms with Crippen LogP contribution in [0.1, 0.15) is 5.56 Å². The highest BCUT2D eigenvalue weighted by molar-refractivity contribution is 9.10. The second-order valence-corrected chi connectivity index (χ2v) is 7.69. The van der Waals surface area contributed by atoms with Gasteiger partial charge in [-0.25, -0.2) is 4.90 Å². The number of carbonyl (C=O) groups excluding carboxylic acids is 2. The van der Waals surface area contributed by atoms with Gasteiger partial charge in [0.05, 0.1) is 18.0 Å². The molecular formula is C17H13BrClNO3S. The Morgan fingerprint density at radius 3 is 2.58 bits per heavy atom. The Balaban J connectivity index is 1.84. The minimum atomic E-state index is -0.476. The molecule has 1 aliphatic heterocycles. The molecule has 2 aromatic rings. The third-order valence-corrected chi connectivity index (χ3v) is 5.44. The molecule has 1 fully saturated rings. The molecule has 0 saturated carbocycles. The number of anilines is 1. The molecule has 0 spiro atoms. The Hall–Kier alpha value is -1.50. The van der Waals surface area contributed by atoms with Gasteiger partial charge in [-0.15, -0.1) is 0 Å². The van der Waals surface area contributed by atoms with Crippen LogP contribution < -0.4 is 9.64 Å². The molecule has 3 rings (SSSR count). The third-order valence-electron chi connectivity index (χ3n) is 3.65. The minimum absolute atomic E-state index is 0.227.